The molecule has 3 heterocycles. The molecule has 2 aromatic rings. The Labute approximate surface area is 171 Å². The van der Waals surface area contributed by atoms with Crippen molar-refractivity contribution in [2.75, 3.05) is 39.8 Å². The number of amides is 1. The first kappa shape index (κ1) is 19.2. The van der Waals surface area contributed by atoms with Crippen LogP contribution in [0.2, 0.25) is 5.02 Å². The Morgan fingerprint density at radius 1 is 1.11 bits per heavy atom. The third-order valence-corrected chi connectivity index (χ3v) is 5.96. The molecule has 1 atom stereocenters. The van der Waals surface area contributed by atoms with Gasteiger partial charge < -0.3 is 9.47 Å². The molecule has 0 aliphatic carbocycles. The number of carbonyl (C=O) groups excluding carboxylic acids is 1. The smallest absolute Gasteiger partial charge is 0.257 e. The van der Waals surface area contributed by atoms with Crippen molar-refractivity contribution in [3.63, 3.8) is 0 Å². The molecule has 1 amide bonds. The SMILES string of the molecule is CN1CCN(CC(=O)N2N=C(c3ccccc3Cl)CC2c2cccn2C)CC1. The van der Waals surface area contributed by atoms with E-state index in [1.807, 2.05) is 43.6 Å². The second kappa shape index (κ2) is 8.07. The van der Waals surface area contributed by atoms with E-state index in [1.54, 1.807) is 5.01 Å². The van der Waals surface area contributed by atoms with Gasteiger partial charge in [-0.05, 0) is 25.2 Å². The van der Waals surface area contributed by atoms with E-state index < -0.39 is 0 Å². The number of rotatable bonds is 4. The van der Waals surface area contributed by atoms with E-state index in [0.717, 1.165) is 43.1 Å². The summed E-state index contributed by atoms with van der Waals surface area (Å²) in [5.74, 6) is 0.0396. The molecule has 2 aliphatic heterocycles. The lowest BCUT2D eigenvalue weighted by atomic mass is 10.0. The standard InChI is InChI=1S/C21H26ClN5O/c1-24-10-12-26(13-11-24)15-21(28)27-20(19-8-5-9-25(19)2)14-18(23-27)16-6-3-4-7-17(16)22/h3-9,20H,10-15H2,1-2H3. The van der Waals surface area contributed by atoms with Gasteiger partial charge in [-0.2, -0.15) is 5.10 Å². The molecule has 6 nitrogen and oxygen atoms in total. The lowest BCUT2D eigenvalue weighted by molar-refractivity contribution is -0.134. The van der Waals surface area contributed by atoms with E-state index in [2.05, 4.69) is 27.5 Å². The van der Waals surface area contributed by atoms with E-state index in [4.69, 9.17) is 16.7 Å². The van der Waals surface area contributed by atoms with Crippen molar-refractivity contribution in [3.8, 4) is 0 Å². The summed E-state index contributed by atoms with van der Waals surface area (Å²) in [7, 11) is 4.12. The number of benzene rings is 1. The summed E-state index contributed by atoms with van der Waals surface area (Å²) in [6.07, 6.45) is 2.67. The van der Waals surface area contributed by atoms with Crippen LogP contribution < -0.4 is 0 Å². The van der Waals surface area contributed by atoms with Crippen LogP contribution in [0.3, 0.4) is 0 Å². The maximum atomic E-state index is 13.2. The molecule has 0 N–H and O–H groups in total. The molecule has 4 rings (SSSR count). The van der Waals surface area contributed by atoms with Crippen LogP contribution >= 0.6 is 11.6 Å². The summed E-state index contributed by atoms with van der Waals surface area (Å²) in [5, 5.41) is 7.08. The number of hydrogen-bond donors (Lipinski definition) is 0. The van der Waals surface area contributed by atoms with Crippen LogP contribution in [0.5, 0.6) is 0 Å². The van der Waals surface area contributed by atoms with E-state index in [1.165, 1.54) is 0 Å². The van der Waals surface area contributed by atoms with Crippen molar-refractivity contribution in [1.82, 2.24) is 19.4 Å². The van der Waals surface area contributed by atoms with E-state index in [9.17, 15) is 4.79 Å². The van der Waals surface area contributed by atoms with Gasteiger partial charge in [-0.1, -0.05) is 29.8 Å². The second-order valence-electron chi connectivity index (χ2n) is 7.61. The van der Waals surface area contributed by atoms with Crippen LogP contribution in [-0.2, 0) is 11.8 Å². The average Bonchev–Trinajstić information content (AvgIpc) is 3.30. The Kier molecular flexibility index (Phi) is 5.53. The highest BCUT2D eigenvalue weighted by atomic mass is 35.5. The Balaban J connectivity index is 1.59. The number of halogens is 1. The fourth-order valence-corrected chi connectivity index (χ4v) is 4.16. The highest BCUT2D eigenvalue weighted by molar-refractivity contribution is 6.34. The lowest BCUT2D eigenvalue weighted by Gasteiger charge is -2.33. The second-order valence-corrected chi connectivity index (χ2v) is 8.02. The fourth-order valence-electron chi connectivity index (χ4n) is 3.92. The van der Waals surface area contributed by atoms with Crippen LogP contribution in [-0.4, -0.2) is 70.8 Å². The highest BCUT2D eigenvalue weighted by Crippen LogP contribution is 2.34. The molecule has 1 saturated heterocycles. The molecular weight excluding hydrogens is 374 g/mol. The minimum absolute atomic E-state index is 0.0396. The Hall–Kier alpha value is -2.15. The summed E-state index contributed by atoms with van der Waals surface area (Å²) in [4.78, 5) is 17.7. The maximum absolute atomic E-state index is 13.2. The van der Waals surface area contributed by atoms with Gasteiger partial charge in [-0.3, -0.25) is 9.69 Å². The summed E-state index contributed by atoms with van der Waals surface area (Å²) in [5.41, 5.74) is 2.85. The highest BCUT2D eigenvalue weighted by Gasteiger charge is 2.35. The van der Waals surface area contributed by atoms with E-state index in [-0.39, 0.29) is 11.9 Å². The molecule has 0 bridgehead atoms. The molecule has 1 aromatic heterocycles. The molecule has 2 aliphatic rings. The van der Waals surface area contributed by atoms with Crippen molar-refractivity contribution >= 4 is 23.2 Å². The minimum atomic E-state index is -0.105. The zero-order chi connectivity index (χ0) is 19.7. The third kappa shape index (κ3) is 3.85. The number of likely N-dealkylation sites (N-methyl/N-ethyl adjacent to an activating group) is 1. The predicted molar refractivity (Wildman–Crippen MR) is 112 cm³/mol. The fraction of sp³-hybridized carbons (Fsp3) is 0.429. The van der Waals surface area contributed by atoms with Crippen molar-refractivity contribution < 1.29 is 4.79 Å². The first-order valence-electron chi connectivity index (χ1n) is 9.69. The van der Waals surface area contributed by atoms with Crippen LogP contribution in [0.1, 0.15) is 23.7 Å². The quantitative estimate of drug-likeness (QED) is 0.793. The number of carbonyl (C=O) groups is 1. The monoisotopic (exact) mass is 399 g/mol. The zero-order valence-electron chi connectivity index (χ0n) is 16.4. The van der Waals surface area contributed by atoms with Gasteiger partial charge in [0.2, 0.25) is 0 Å². The first-order valence-corrected chi connectivity index (χ1v) is 10.1. The number of aromatic nitrogens is 1. The number of aryl methyl sites for hydroxylation is 1. The molecule has 0 saturated carbocycles. The van der Waals surface area contributed by atoms with Crippen LogP contribution in [0.15, 0.2) is 47.7 Å². The van der Waals surface area contributed by atoms with Crippen molar-refractivity contribution in [3.05, 3.63) is 58.9 Å². The minimum Gasteiger partial charge on any atom is -0.353 e. The van der Waals surface area contributed by atoms with Gasteiger partial charge >= 0.3 is 0 Å². The van der Waals surface area contributed by atoms with E-state index in [0.29, 0.717) is 18.0 Å². The van der Waals surface area contributed by atoms with Gasteiger partial charge in [0.05, 0.1) is 12.3 Å². The first-order chi connectivity index (χ1) is 13.5. The Morgan fingerprint density at radius 3 is 2.54 bits per heavy atom. The molecule has 0 spiro atoms. The molecular formula is C21H26ClN5O. The number of piperazine rings is 1. The van der Waals surface area contributed by atoms with Gasteiger partial charge in [-0.15, -0.1) is 0 Å². The van der Waals surface area contributed by atoms with Crippen LogP contribution in [0.25, 0.3) is 0 Å². The summed E-state index contributed by atoms with van der Waals surface area (Å²) in [6, 6.07) is 11.7. The summed E-state index contributed by atoms with van der Waals surface area (Å²) in [6.45, 7) is 4.19. The van der Waals surface area contributed by atoms with Gasteiger partial charge in [0.15, 0.2) is 0 Å². The van der Waals surface area contributed by atoms with Crippen molar-refractivity contribution in [2.45, 2.75) is 12.5 Å². The number of nitrogens with zero attached hydrogens (tertiary/aromatic N) is 5. The molecule has 148 valence electrons. The molecule has 1 aromatic carbocycles. The van der Waals surface area contributed by atoms with Gasteiger partial charge in [-0.25, -0.2) is 5.01 Å². The average molecular weight is 400 g/mol. The molecule has 28 heavy (non-hydrogen) atoms. The van der Waals surface area contributed by atoms with Gasteiger partial charge in [0.25, 0.3) is 5.91 Å². The molecule has 7 heteroatoms. The molecule has 0 radical (unpaired) electrons. The summed E-state index contributed by atoms with van der Waals surface area (Å²) >= 11 is 6.40. The van der Waals surface area contributed by atoms with Crippen molar-refractivity contribution in [2.24, 2.45) is 12.1 Å². The third-order valence-electron chi connectivity index (χ3n) is 5.63. The van der Waals surface area contributed by atoms with Crippen LogP contribution in [0.4, 0.5) is 0 Å². The number of hydrogen-bond acceptors (Lipinski definition) is 4. The normalized spacial score (nSPS) is 21.2. The topological polar surface area (TPSA) is 44.1 Å². The Morgan fingerprint density at radius 2 is 1.86 bits per heavy atom. The predicted octanol–water partition coefficient (Wildman–Crippen LogP) is 2.60. The van der Waals surface area contributed by atoms with Gasteiger partial charge in [0, 0.05) is 62.1 Å². The molecule has 1 unspecified atom stereocenters. The van der Waals surface area contributed by atoms with Crippen LogP contribution in [0, 0.1) is 0 Å². The molecule has 1 fully saturated rings. The summed E-state index contributed by atoms with van der Waals surface area (Å²) < 4.78 is 2.06. The Bertz CT molecular complexity index is 884. The lowest BCUT2D eigenvalue weighted by Crippen LogP contribution is -2.48. The maximum Gasteiger partial charge on any atom is 0.257 e. The van der Waals surface area contributed by atoms with E-state index >= 15 is 0 Å². The van der Waals surface area contributed by atoms with Gasteiger partial charge in [0.1, 0.15) is 6.04 Å². The van der Waals surface area contributed by atoms with Crippen molar-refractivity contribution in [1.29, 1.82) is 0 Å². The zero-order valence-corrected chi connectivity index (χ0v) is 17.1. The number of hydrazone groups is 1. The largest absolute Gasteiger partial charge is 0.353 e.